The molecule has 1 fully saturated rings. The van der Waals surface area contributed by atoms with Crippen LogP contribution in [0.5, 0.6) is 0 Å². The number of piperazine rings is 1. The Morgan fingerprint density at radius 1 is 1.36 bits per heavy atom. The van der Waals surface area contributed by atoms with Crippen LogP contribution in [0.15, 0.2) is 9.98 Å². The normalized spacial score (nSPS) is 19.3. The van der Waals surface area contributed by atoms with Crippen LogP contribution < -0.4 is 5.32 Å². The van der Waals surface area contributed by atoms with Crippen LogP contribution in [-0.2, 0) is 0 Å². The molecule has 0 aromatic carbocycles. The third-order valence-corrected chi connectivity index (χ3v) is 2.09. The maximum atomic E-state index is 4.40. The average Bonchev–Trinajstić information content (AvgIpc) is 2.25. The van der Waals surface area contributed by atoms with Crippen LogP contribution in [0.25, 0.3) is 0 Å². The highest BCUT2D eigenvalue weighted by Gasteiger charge is 2.12. The van der Waals surface area contributed by atoms with E-state index in [1.54, 1.807) is 0 Å². The molecule has 1 N–H and O–H groups in total. The highest BCUT2D eigenvalue weighted by molar-refractivity contribution is 5.87. The molecule has 14 heavy (non-hydrogen) atoms. The van der Waals surface area contributed by atoms with E-state index >= 15 is 0 Å². The summed E-state index contributed by atoms with van der Waals surface area (Å²) in [4.78, 5) is 11.0. The van der Waals surface area contributed by atoms with Gasteiger partial charge in [-0.15, -0.1) is 0 Å². The van der Waals surface area contributed by atoms with Crippen LogP contribution in [0.1, 0.15) is 20.3 Å². The third-order valence-electron chi connectivity index (χ3n) is 2.09. The predicted molar refractivity (Wildman–Crippen MR) is 61.2 cm³/mol. The molecule has 0 atom stereocenters. The number of aliphatic imine (C=N–C) groups is 2. The van der Waals surface area contributed by atoms with Crippen LogP contribution in [0, 0.1) is 0 Å². The van der Waals surface area contributed by atoms with Gasteiger partial charge in [0.05, 0.1) is 0 Å². The fourth-order valence-corrected chi connectivity index (χ4v) is 1.40. The Labute approximate surface area is 86.1 Å². The molecule has 1 aliphatic heterocycles. The Balaban J connectivity index is 2.56. The van der Waals surface area contributed by atoms with E-state index in [2.05, 4.69) is 27.1 Å². The van der Waals surface area contributed by atoms with Crippen molar-refractivity contribution >= 4 is 12.2 Å². The molecule has 0 saturated carbocycles. The number of hydrogen-bond acceptors (Lipinski definition) is 2. The minimum Gasteiger partial charge on any atom is -0.339 e. The third kappa shape index (κ3) is 3.46. The van der Waals surface area contributed by atoms with Gasteiger partial charge in [-0.05, 0) is 13.3 Å². The van der Waals surface area contributed by atoms with Gasteiger partial charge in [0.15, 0.2) is 0 Å². The van der Waals surface area contributed by atoms with E-state index in [1.165, 1.54) is 0 Å². The number of nitrogens with zero attached hydrogens (tertiary/aromatic N) is 3. The van der Waals surface area contributed by atoms with E-state index in [-0.39, 0.29) is 0 Å². The molecule has 4 heteroatoms. The van der Waals surface area contributed by atoms with Gasteiger partial charge in [-0.2, -0.15) is 0 Å². The van der Waals surface area contributed by atoms with Crippen LogP contribution in [-0.4, -0.2) is 49.8 Å². The average molecular weight is 196 g/mol. The Morgan fingerprint density at radius 2 is 2.07 bits per heavy atom. The second-order valence-corrected chi connectivity index (χ2v) is 3.23. The molecular formula is C10H20N4. The molecule has 0 aliphatic carbocycles. The van der Waals surface area contributed by atoms with E-state index in [4.69, 9.17) is 0 Å². The minimum absolute atomic E-state index is 0.806. The molecule has 0 aromatic heterocycles. The van der Waals surface area contributed by atoms with Crippen LogP contribution in [0.3, 0.4) is 0 Å². The van der Waals surface area contributed by atoms with Crippen molar-refractivity contribution in [2.45, 2.75) is 20.3 Å². The molecule has 0 aromatic rings. The second kappa shape index (κ2) is 6.54. The summed E-state index contributed by atoms with van der Waals surface area (Å²) in [6, 6.07) is 0. The van der Waals surface area contributed by atoms with Gasteiger partial charge in [-0.1, -0.05) is 6.92 Å². The van der Waals surface area contributed by atoms with Gasteiger partial charge in [0.2, 0.25) is 5.96 Å². The lowest BCUT2D eigenvalue weighted by Crippen LogP contribution is -2.46. The summed E-state index contributed by atoms with van der Waals surface area (Å²) in [5, 5.41) is 3.32. The lowest BCUT2D eigenvalue weighted by Gasteiger charge is -2.28. The standard InChI is InChI=1S/C10H20N4/c1-3-5-13-10(12-4-2)14-8-6-11-7-9-14/h5,11H,3-4,6-9H2,1-2H3/b12-10+,13-5-. The smallest absolute Gasteiger partial charge is 0.220 e. The molecule has 4 nitrogen and oxygen atoms in total. The Morgan fingerprint density at radius 3 is 2.64 bits per heavy atom. The Kier molecular flexibility index (Phi) is 5.22. The molecule has 0 unspecified atom stereocenters. The quantitative estimate of drug-likeness (QED) is 0.523. The van der Waals surface area contributed by atoms with Crippen molar-refractivity contribution in [3.05, 3.63) is 0 Å². The molecule has 1 rings (SSSR count). The van der Waals surface area contributed by atoms with Crippen LogP contribution in [0.2, 0.25) is 0 Å². The Hall–Kier alpha value is -0.900. The van der Waals surface area contributed by atoms with Crippen molar-refractivity contribution in [1.29, 1.82) is 0 Å². The van der Waals surface area contributed by atoms with Crippen molar-refractivity contribution in [2.24, 2.45) is 9.98 Å². The Bertz CT molecular complexity index is 204. The monoisotopic (exact) mass is 196 g/mol. The minimum atomic E-state index is 0.806. The molecule has 0 bridgehead atoms. The van der Waals surface area contributed by atoms with Crippen LogP contribution in [0.4, 0.5) is 0 Å². The molecule has 80 valence electrons. The summed E-state index contributed by atoms with van der Waals surface area (Å²) < 4.78 is 0. The topological polar surface area (TPSA) is 40.0 Å². The van der Waals surface area contributed by atoms with Gasteiger partial charge < -0.3 is 10.2 Å². The van der Waals surface area contributed by atoms with Gasteiger partial charge in [-0.3, -0.25) is 4.99 Å². The van der Waals surface area contributed by atoms with Crippen molar-refractivity contribution in [2.75, 3.05) is 32.7 Å². The summed E-state index contributed by atoms with van der Waals surface area (Å²) in [5.74, 6) is 0.899. The number of nitrogens with one attached hydrogen (secondary N) is 1. The van der Waals surface area contributed by atoms with Crippen molar-refractivity contribution < 1.29 is 0 Å². The predicted octanol–water partition coefficient (Wildman–Crippen LogP) is 0.748. The van der Waals surface area contributed by atoms with Gasteiger partial charge in [0, 0.05) is 38.9 Å². The zero-order valence-electron chi connectivity index (χ0n) is 9.16. The maximum absolute atomic E-state index is 4.40. The van der Waals surface area contributed by atoms with Gasteiger partial charge in [-0.25, -0.2) is 4.99 Å². The van der Waals surface area contributed by atoms with Crippen molar-refractivity contribution in [1.82, 2.24) is 10.2 Å². The molecule has 1 heterocycles. The van der Waals surface area contributed by atoms with Crippen molar-refractivity contribution in [3.8, 4) is 0 Å². The molecule has 0 amide bonds. The summed E-state index contributed by atoms with van der Waals surface area (Å²) in [6.45, 7) is 9.03. The molecular weight excluding hydrogens is 176 g/mol. The largest absolute Gasteiger partial charge is 0.339 e. The lowest BCUT2D eigenvalue weighted by molar-refractivity contribution is 0.353. The first-order valence-electron chi connectivity index (χ1n) is 5.41. The fourth-order valence-electron chi connectivity index (χ4n) is 1.40. The highest BCUT2D eigenvalue weighted by atomic mass is 15.3. The first-order chi connectivity index (χ1) is 6.88. The SMILES string of the molecule is CC/C=N\C(=N/CC)N1CCNCC1. The lowest BCUT2D eigenvalue weighted by atomic mass is 10.4. The number of rotatable bonds is 2. The zero-order chi connectivity index (χ0) is 10.2. The van der Waals surface area contributed by atoms with Crippen molar-refractivity contribution in [3.63, 3.8) is 0 Å². The van der Waals surface area contributed by atoms with Gasteiger partial charge in [0.25, 0.3) is 0 Å². The number of hydrogen-bond donors (Lipinski definition) is 1. The van der Waals surface area contributed by atoms with E-state index in [0.717, 1.165) is 45.1 Å². The van der Waals surface area contributed by atoms with E-state index < -0.39 is 0 Å². The first kappa shape index (κ1) is 11.2. The van der Waals surface area contributed by atoms with Gasteiger partial charge in [0.1, 0.15) is 0 Å². The maximum Gasteiger partial charge on any atom is 0.220 e. The summed E-state index contributed by atoms with van der Waals surface area (Å²) >= 11 is 0. The summed E-state index contributed by atoms with van der Waals surface area (Å²) in [6.07, 6.45) is 2.89. The molecule has 1 aliphatic rings. The second-order valence-electron chi connectivity index (χ2n) is 3.23. The zero-order valence-corrected chi connectivity index (χ0v) is 9.16. The molecule has 0 spiro atoms. The molecule has 1 saturated heterocycles. The first-order valence-corrected chi connectivity index (χ1v) is 5.41. The van der Waals surface area contributed by atoms with E-state index in [1.807, 2.05) is 13.1 Å². The number of guanidine groups is 1. The van der Waals surface area contributed by atoms with E-state index in [0.29, 0.717) is 0 Å². The van der Waals surface area contributed by atoms with Gasteiger partial charge >= 0.3 is 0 Å². The highest BCUT2D eigenvalue weighted by Crippen LogP contribution is 1.97. The summed E-state index contributed by atoms with van der Waals surface area (Å²) in [7, 11) is 0. The van der Waals surface area contributed by atoms with E-state index in [9.17, 15) is 0 Å². The summed E-state index contributed by atoms with van der Waals surface area (Å²) in [5.41, 5.74) is 0. The fraction of sp³-hybridized carbons (Fsp3) is 0.800. The van der Waals surface area contributed by atoms with Crippen LogP contribution >= 0.6 is 0 Å². The molecule has 0 radical (unpaired) electrons.